The van der Waals surface area contributed by atoms with Gasteiger partial charge in [-0.3, -0.25) is 9.59 Å². The summed E-state index contributed by atoms with van der Waals surface area (Å²) in [5.74, 6) is 1.08. The number of carbonyl (C=O) groups excluding carboxylic acids is 2. The van der Waals surface area contributed by atoms with E-state index >= 15 is 0 Å². The van der Waals surface area contributed by atoms with Gasteiger partial charge >= 0.3 is 0 Å². The summed E-state index contributed by atoms with van der Waals surface area (Å²) in [5, 5.41) is 11.0. The molecule has 1 aliphatic rings. The Morgan fingerprint density at radius 3 is 2.38 bits per heavy atom. The lowest BCUT2D eigenvalue weighted by Gasteiger charge is -2.31. The summed E-state index contributed by atoms with van der Waals surface area (Å²) in [7, 11) is 0. The van der Waals surface area contributed by atoms with Gasteiger partial charge in [0.2, 0.25) is 5.91 Å². The lowest BCUT2D eigenvalue weighted by atomic mass is 9.87. The summed E-state index contributed by atoms with van der Waals surface area (Å²) >= 11 is 0. The van der Waals surface area contributed by atoms with E-state index in [0.29, 0.717) is 24.6 Å². The maximum Gasteiger partial charge on any atom is 0.251 e. The van der Waals surface area contributed by atoms with E-state index in [1.54, 1.807) is 6.33 Å². The topological polar surface area (TPSA) is 80.1 Å². The second-order valence-corrected chi connectivity index (χ2v) is 8.64. The van der Waals surface area contributed by atoms with Crippen LogP contribution in [0.15, 0.2) is 30.6 Å². The molecule has 0 bridgehead atoms. The molecule has 156 valence electrons. The standard InChI is InChI=1S/C22H31N5O2/c1-5-26-15-24-25-20(26)16-10-12-27(13-11-16)19(28)14-23-21(29)17-6-8-18(9-7-17)22(2,3)4/h6-9,15-16H,5,10-14H2,1-4H3,(H,23,29). The van der Waals surface area contributed by atoms with Gasteiger partial charge in [-0.1, -0.05) is 32.9 Å². The fourth-order valence-electron chi connectivity index (χ4n) is 3.70. The predicted octanol–water partition coefficient (Wildman–Crippen LogP) is 2.73. The molecule has 3 rings (SSSR count). The van der Waals surface area contributed by atoms with Gasteiger partial charge in [0.1, 0.15) is 12.2 Å². The van der Waals surface area contributed by atoms with Crippen LogP contribution in [0.5, 0.6) is 0 Å². The zero-order valence-electron chi connectivity index (χ0n) is 17.8. The Balaban J connectivity index is 1.48. The maximum absolute atomic E-state index is 12.5. The van der Waals surface area contributed by atoms with Crippen LogP contribution in [-0.4, -0.2) is 51.1 Å². The van der Waals surface area contributed by atoms with Gasteiger partial charge in [0, 0.05) is 31.1 Å². The van der Waals surface area contributed by atoms with Crippen LogP contribution in [0.3, 0.4) is 0 Å². The summed E-state index contributed by atoms with van der Waals surface area (Å²) in [6.07, 6.45) is 3.50. The summed E-state index contributed by atoms with van der Waals surface area (Å²) in [6, 6.07) is 7.57. The molecule has 0 saturated carbocycles. The number of aryl methyl sites for hydroxylation is 1. The van der Waals surface area contributed by atoms with Gasteiger partial charge in [-0.25, -0.2) is 0 Å². The van der Waals surface area contributed by atoms with E-state index in [1.807, 2.05) is 29.2 Å². The molecule has 1 aliphatic heterocycles. The van der Waals surface area contributed by atoms with Crippen molar-refractivity contribution in [2.24, 2.45) is 0 Å². The molecule has 0 radical (unpaired) electrons. The second kappa shape index (κ2) is 8.76. The molecule has 1 fully saturated rings. The molecular weight excluding hydrogens is 366 g/mol. The van der Waals surface area contributed by atoms with Gasteiger partial charge in [0.25, 0.3) is 5.91 Å². The second-order valence-electron chi connectivity index (χ2n) is 8.64. The Hall–Kier alpha value is -2.70. The average molecular weight is 398 g/mol. The number of carbonyl (C=O) groups is 2. The van der Waals surface area contributed by atoms with Gasteiger partial charge in [0.15, 0.2) is 0 Å². The molecule has 2 aromatic rings. The Morgan fingerprint density at radius 2 is 1.79 bits per heavy atom. The number of piperidine rings is 1. The molecule has 1 aromatic carbocycles. The van der Waals surface area contributed by atoms with E-state index in [2.05, 4.69) is 47.8 Å². The molecule has 2 heterocycles. The fourth-order valence-corrected chi connectivity index (χ4v) is 3.70. The van der Waals surface area contributed by atoms with E-state index < -0.39 is 0 Å². The van der Waals surface area contributed by atoms with E-state index in [0.717, 1.165) is 25.2 Å². The minimum absolute atomic E-state index is 0.0235. The molecule has 0 aliphatic carbocycles. The molecule has 0 atom stereocenters. The maximum atomic E-state index is 12.5. The van der Waals surface area contributed by atoms with Crippen LogP contribution in [0.1, 0.15) is 68.2 Å². The van der Waals surface area contributed by atoms with Crippen LogP contribution < -0.4 is 5.32 Å². The van der Waals surface area contributed by atoms with Crippen molar-refractivity contribution in [3.05, 3.63) is 47.5 Å². The van der Waals surface area contributed by atoms with Gasteiger partial charge in [-0.05, 0) is 42.9 Å². The monoisotopic (exact) mass is 397 g/mol. The number of benzene rings is 1. The van der Waals surface area contributed by atoms with Crippen LogP contribution in [0.2, 0.25) is 0 Å². The van der Waals surface area contributed by atoms with Crippen LogP contribution in [0.25, 0.3) is 0 Å². The normalized spacial score (nSPS) is 15.4. The zero-order chi connectivity index (χ0) is 21.0. The van der Waals surface area contributed by atoms with Crippen molar-refractivity contribution in [2.75, 3.05) is 19.6 Å². The minimum atomic E-state index is -0.218. The Kier molecular flexibility index (Phi) is 6.35. The lowest BCUT2D eigenvalue weighted by molar-refractivity contribution is -0.131. The van der Waals surface area contributed by atoms with E-state index in [-0.39, 0.29) is 23.8 Å². The van der Waals surface area contributed by atoms with Crippen molar-refractivity contribution in [1.29, 1.82) is 0 Å². The molecule has 1 N–H and O–H groups in total. The van der Waals surface area contributed by atoms with Gasteiger partial charge in [-0.2, -0.15) is 0 Å². The van der Waals surface area contributed by atoms with Gasteiger partial charge in [-0.15, -0.1) is 10.2 Å². The number of amides is 2. The number of hydrogen-bond acceptors (Lipinski definition) is 4. The van der Waals surface area contributed by atoms with Crippen LogP contribution >= 0.6 is 0 Å². The number of aromatic nitrogens is 3. The van der Waals surface area contributed by atoms with Crippen molar-refractivity contribution in [2.45, 2.75) is 58.4 Å². The molecule has 1 saturated heterocycles. The van der Waals surface area contributed by atoms with Crippen molar-refractivity contribution >= 4 is 11.8 Å². The lowest BCUT2D eigenvalue weighted by Crippen LogP contribution is -2.44. The zero-order valence-corrected chi connectivity index (χ0v) is 17.8. The van der Waals surface area contributed by atoms with Gasteiger partial charge in [0.05, 0.1) is 6.54 Å². The molecule has 7 nitrogen and oxygen atoms in total. The van der Waals surface area contributed by atoms with Crippen molar-refractivity contribution in [3.8, 4) is 0 Å². The van der Waals surface area contributed by atoms with Crippen LogP contribution in [-0.2, 0) is 16.8 Å². The first-order valence-corrected chi connectivity index (χ1v) is 10.3. The third-order valence-electron chi connectivity index (χ3n) is 5.61. The highest BCUT2D eigenvalue weighted by molar-refractivity contribution is 5.96. The summed E-state index contributed by atoms with van der Waals surface area (Å²) < 4.78 is 2.06. The summed E-state index contributed by atoms with van der Waals surface area (Å²) in [5.41, 5.74) is 1.79. The third-order valence-corrected chi connectivity index (χ3v) is 5.61. The molecule has 2 amide bonds. The van der Waals surface area contributed by atoms with E-state index in [9.17, 15) is 9.59 Å². The SMILES string of the molecule is CCn1cnnc1C1CCN(C(=O)CNC(=O)c2ccc(C(C)(C)C)cc2)CC1. The van der Waals surface area contributed by atoms with Crippen molar-refractivity contribution < 1.29 is 9.59 Å². The molecule has 1 aromatic heterocycles. The molecule has 0 unspecified atom stereocenters. The Bertz CT molecular complexity index is 843. The fraction of sp³-hybridized carbons (Fsp3) is 0.545. The molecular formula is C22H31N5O2. The van der Waals surface area contributed by atoms with Crippen LogP contribution in [0.4, 0.5) is 0 Å². The molecule has 29 heavy (non-hydrogen) atoms. The third kappa shape index (κ3) is 5.02. The summed E-state index contributed by atoms with van der Waals surface area (Å²) in [6.45, 7) is 10.7. The first-order chi connectivity index (χ1) is 13.8. The predicted molar refractivity (Wildman–Crippen MR) is 112 cm³/mol. The van der Waals surface area contributed by atoms with Gasteiger partial charge < -0.3 is 14.8 Å². The Morgan fingerprint density at radius 1 is 1.14 bits per heavy atom. The average Bonchev–Trinajstić information content (AvgIpc) is 3.20. The number of likely N-dealkylation sites (tertiary alicyclic amines) is 1. The summed E-state index contributed by atoms with van der Waals surface area (Å²) in [4.78, 5) is 26.7. The van der Waals surface area contributed by atoms with E-state index in [4.69, 9.17) is 0 Å². The molecule has 0 spiro atoms. The highest BCUT2D eigenvalue weighted by atomic mass is 16.2. The highest BCUT2D eigenvalue weighted by Gasteiger charge is 2.26. The Labute approximate surface area is 172 Å². The highest BCUT2D eigenvalue weighted by Crippen LogP contribution is 2.26. The minimum Gasteiger partial charge on any atom is -0.343 e. The number of rotatable bonds is 5. The largest absolute Gasteiger partial charge is 0.343 e. The van der Waals surface area contributed by atoms with E-state index in [1.165, 1.54) is 5.56 Å². The first-order valence-electron chi connectivity index (χ1n) is 10.3. The smallest absolute Gasteiger partial charge is 0.251 e. The van der Waals surface area contributed by atoms with Crippen LogP contribution in [0, 0.1) is 0 Å². The molecule has 7 heteroatoms. The van der Waals surface area contributed by atoms with Crippen molar-refractivity contribution in [1.82, 2.24) is 25.0 Å². The first kappa shape index (κ1) is 21.0. The van der Waals surface area contributed by atoms with Crippen molar-refractivity contribution in [3.63, 3.8) is 0 Å². The number of nitrogens with one attached hydrogen (secondary N) is 1. The quantitative estimate of drug-likeness (QED) is 0.841. The number of hydrogen-bond donors (Lipinski definition) is 1. The number of nitrogens with zero attached hydrogens (tertiary/aromatic N) is 4.